The lowest BCUT2D eigenvalue weighted by Crippen LogP contribution is -2.32. The maximum Gasteiger partial charge on any atom is 0.339 e. The largest absolute Gasteiger partial charge is 0.477 e. The van der Waals surface area contributed by atoms with Gasteiger partial charge in [-0.2, -0.15) is 0 Å². The quantitative estimate of drug-likeness (QED) is 0.631. The number of nitrogens with zero attached hydrogens (tertiary/aromatic N) is 1. The summed E-state index contributed by atoms with van der Waals surface area (Å²) in [6, 6.07) is 2.15. The van der Waals surface area contributed by atoms with E-state index in [9.17, 15) is 4.79 Å². The number of hydrogen-bond acceptors (Lipinski definition) is 4. The van der Waals surface area contributed by atoms with Crippen LogP contribution in [-0.4, -0.2) is 18.2 Å². The topological polar surface area (TPSA) is 42.7 Å². The molecule has 0 bridgehead atoms. The van der Waals surface area contributed by atoms with Crippen LogP contribution < -0.4 is 10.4 Å². The van der Waals surface area contributed by atoms with Crippen LogP contribution in [0.2, 0.25) is 0 Å². The second kappa shape index (κ2) is 4.99. The van der Waals surface area contributed by atoms with Gasteiger partial charge in [-0.3, -0.25) is 4.90 Å². The molecule has 1 aromatic heterocycles. The van der Waals surface area contributed by atoms with Crippen molar-refractivity contribution in [1.82, 2.24) is 4.90 Å². The molecule has 0 N–H and O–H groups in total. The number of rotatable bonds is 2. The highest BCUT2D eigenvalue weighted by Crippen LogP contribution is 2.37. The fraction of sp³-hybridized carbons (Fsp3) is 0.389. The highest BCUT2D eigenvalue weighted by Gasteiger charge is 2.25. The zero-order valence-electron chi connectivity index (χ0n) is 12.8. The van der Waals surface area contributed by atoms with Crippen LogP contribution >= 0.6 is 0 Å². The predicted molar refractivity (Wildman–Crippen MR) is 85.3 cm³/mol. The van der Waals surface area contributed by atoms with Crippen molar-refractivity contribution in [2.75, 3.05) is 13.3 Å². The molecule has 0 saturated heterocycles. The second-order valence-electron chi connectivity index (χ2n) is 6.14. The van der Waals surface area contributed by atoms with Crippen molar-refractivity contribution >= 4 is 11.0 Å². The van der Waals surface area contributed by atoms with Crippen molar-refractivity contribution < 1.29 is 9.15 Å². The van der Waals surface area contributed by atoms with E-state index >= 15 is 0 Å². The van der Waals surface area contributed by atoms with Gasteiger partial charge in [0, 0.05) is 35.2 Å². The Balaban J connectivity index is 1.94. The predicted octanol–water partition coefficient (Wildman–Crippen LogP) is 2.93. The van der Waals surface area contributed by atoms with E-state index in [-0.39, 0.29) is 5.63 Å². The third-order valence-corrected chi connectivity index (χ3v) is 4.69. The van der Waals surface area contributed by atoms with Crippen molar-refractivity contribution in [3.05, 3.63) is 51.4 Å². The van der Waals surface area contributed by atoms with Gasteiger partial charge in [-0.1, -0.05) is 6.08 Å². The van der Waals surface area contributed by atoms with E-state index in [4.69, 9.17) is 9.15 Å². The summed E-state index contributed by atoms with van der Waals surface area (Å²) in [5.74, 6) is 0.869. The van der Waals surface area contributed by atoms with Gasteiger partial charge in [-0.15, -0.1) is 6.58 Å². The van der Waals surface area contributed by atoms with Crippen molar-refractivity contribution in [1.29, 1.82) is 0 Å². The molecule has 4 nitrogen and oxygen atoms in total. The molecule has 0 radical (unpaired) electrons. The van der Waals surface area contributed by atoms with Crippen molar-refractivity contribution in [3.63, 3.8) is 0 Å². The summed E-state index contributed by atoms with van der Waals surface area (Å²) in [6.45, 7) is 7.95. The molecule has 0 amide bonds. The SMILES string of the molecule is C=CCN1COc2c(cc3c4c(c(=O)oc3c2C)CCC4)C1. The summed E-state index contributed by atoms with van der Waals surface area (Å²) in [5, 5.41) is 1.09. The van der Waals surface area contributed by atoms with Gasteiger partial charge in [0.05, 0.1) is 0 Å². The average molecular weight is 297 g/mol. The number of ether oxygens (including phenoxy) is 1. The lowest BCUT2D eigenvalue weighted by Gasteiger charge is -2.29. The van der Waals surface area contributed by atoms with E-state index in [1.807, 2.05) is 13.0 Å². The Hall–Kier alpha value is -2.07. The van der Waals surface area contributed by atoms with Gasteiger partial charge in [0.1, 0.15) is 18.1 Å². The molecular weight excluding hydrogens is 278 g/mol. The zero-order chi connectivity index (χ0) is 15.3. The highest BCUT2D eigenvalue weighted by atomic mass is 16.5. The minimum atomic E-state index is -0.174. The van der Waals surface area contributed by atoms with Crippen molar-refractivity contribution in [2.24, 2.45) is 0 Å². The van der Waals surface area contributed by atoms with Gasteiger partial charge in [-0.25, -0.2) is 4.79 Å². The molecule has 0 fully saturated rings. The van der Waals surface area contributed by atoms with Crippen molar-refractivity contribution in [2.45, 2.75) is 32.7 Å². The maximum absolute atomic E-state index is 12.2. The van der Waals surface area contributed by atoms with Crippen LogP contribution in [0.15, 0.2) is 27.9 Å². The molecule has 1 aliphatic carbocycles. The van der Waals surface area contributed by atoms with Gasteiger partial charge in [0.15, 0.2) is 0 Å². The molecule has 0 spiro atoms. The molecule has 4 rings (SSSR count). The maximum atomic E-state index is 12.2. The monoisotopic (exact) mass is 297 g/mol. The van der Waals surface area contributed by atoms with E-state index in [2.05, 4.69) is 17.5 Å². The molecule has 0 saturated carbocycles. The Morgan fingerprint density at radius 1 is 1.36 bits per heavy atom. The summed E-state index contributed by atoms with van der Waals surface area (Å²) in [7, 11) is 0. The smallest absolute Gasteiger partial charge is 0.339 e. The molecule has 114 valence electrons. The Morgan fingerprint density at radius 3 is 3.00 bits per heavy atom. The van der Waals surface area contributed by atoms with Gasteiger partial charge >= 0.3 is 5.63 Å². The minimum absolute atomic E-state index is 0.174. The zero-order valence-corrected chi connectivity index (χ0v) is 12.8. The molecule has 0 atom stereocenters. The molecular formula is C18H19NO3. The van der Waals surface area contributed by atoms with Crippen LogP contribution in [0.1, 0.15) is 28.7 Å². The van der Waals surface area contributed by atoms with Crippen LogP contribution in [0.25, 0.3) is 11.0 Å². The number of benzene rings is 1. The van der Waals surface area contributed by atoms with E-state index in [0.29, 0.717) is 12.3 Å². The van der Waals surface area contributed by atoms with E-state index in [1.54, 1.807) is 0 Å². The Kier molecular flexibility index (Phi) is 3.08. The van der Waals surface area contributed by atoms with E-state index < -0.39 is 0 Å². The molecule has 22 heavy (non-hydrogen) atoms. The minimum Gasteiger partial charge on any atom is -0.477 e. The Morgan fingerprint density at radius 2 is 2.18 bits per heavy atom. The fourth-order valence-corrected chi connectivity index (χ4v) is 3.69. The van der Waals surface area contributed by atoms with Crippen molar-refractivity contribution in [3.8, 4) is 5.75 Å². The van der Waals surface area contributed by atoms with Gasteiger partial charge < -0.3 is 9.15 Å². The number of fused-ring (bicyclic) bond motifs is 4. The van der Waals surface area contributed by atoms with Crippen LogP contribution in [0, 0.1) is 6.92 Å². The molecule has 4 heteroatoms. The lowest BCUT2D eigenvalue weighted by molar-refractivity contribution is 0.106. The number of aryl methyl sites for hydroxylation is 2. The Labute approximate surface area is 129 Å². The standard InChI is InChI=1S/C18H19NO3/c1-3-7-19-9-12-8-15-13-5-4-6-14(13)18(20)22-17(15)11(2)16(12)21-10-19/h3,8H,1,4-7,9-10H2,2H3. The summed E-state index contributed by atoms with van der Waals surface area (Å²) in [6.07, 6.45) is 4.73. The normalized spacial score (nSPS) is 17.1. The van der Waals surface area contributed by atoms with Crippen LogP contribution in [0.3, 0.4) is 0 Å². The highest BCUT2D eigenvalue weighted by molar-refractivity contribution is 5.87. The first-order valence-electron chi connectivity index (χ1n) is 7.76. The summed E-state index contributed by atoms with van der Waals surface area (Å²) in [5.41, 5.74) is 4.68. The molecule has 1 aliphatic heterocycles. The average Bonchev–Trinajstić information content (AvgIpc) is 3.00. The second-order valence-corrected chi connectivity index (χ2v) is 6.14. The van der Waals surface area contributed by atoms with Crippen LogP contribution in [0.4, 0.5) is 0 Å². The molecule has 2 aliphatic rings. The van der Waals surface area contributed by atoms with Gasteiger partial charge in [-0.05, 0) is 37.8 Å². The first kappa shape index (κ1) is 13.6. The first-order chi connectivity index (χ1) is 10.7. The fourth-order valence-electron chi connectivity index (χ4n) is 3.69. The lowest BCUT2D eigenvalue weighted by atomic mass is 9.99. The number of hydrogen-bond donors (Lipinski definition) is 0. The molecule has 0 unspecified atom stereocenters. The van der Waals surface area contributed by atoms with E-state index in [0.717, 1.165) is 54.6 Å². The molecule has 2 heterocycles. The third-order valence-electron chi connectivity index (χ3n) is 4.69. The molecule has 2 aromatic rings. The summed E-state index contributed by atoms with van der Waals surface area (Å²) < 4.78 is 11.5. The first-order valence-corrected chi connectivity index (χ1v) is 7.76. The summed E-state index contributed by atoms with van der Waals surface area (Å²) in [4.78, 5) is 14.4. The van der Waals surface area contributed by atoms with Gasteiger partial charge in [0.25, 0.3) is 0 Å². The third kappa shape index (κ3) is 1.91. The van der Waals surface area contributed by atoms with Crippen LogP contribution in [0.5, 0.6) is 5.75 Å². The van der Waals surface area contributed by atoms with E-state index in [1.165, 1.54) is 11.1 Å². The Bertz CT molecular complexity index is 835. The molecule has 1 aromatic carbocycles. The summed E-state index contributed by atoms with van der Waals surface area (Å²) >= 11 is 0. The van der Waals surface area contributed by atoms with Gasteiger partial charge in [0.2, 0.25) is 0 Å². The van der Waals surface area contributed by atoms with Crippen LogP contribution in [-0.2, 0) is 19.4 Å².